The van der Waals surface area contributed by atoms with Crippen LogP contribution in [0.5, 0.6) is 0 Å². The fourth-order valence-electron chi connectivity index (χ4n) is 2.02. The van der Waals surface area contributed by atoms with Crippen molar-refractivity contribution in [2.45, 2.75) is 32.9 Å². The Kier molecular flexibility index (Phi) is 3.99. The van der Waals surface area contributed by atoms with Gasteiger partial charge in [-0.15, -0.1) is 5.10 Å². The maximum atomic E-state index is 13.4. The van der Waals surface area contributed by atoms with Crippen molar-refractivity contribution < 1.29 is 9.13 Å². The highest BCUT2D eigenvalue weighted by molar-refractivity contribution is 5.71. The highest BCUT2D eigenvalue weighted by Crippen LogP contribution is 2.25. The Hall–Kier alpha value is -2.02. The predicted molar refractivity (Wildman–Crippen MR) is 73.3 cm³/mol. The summed E-state index contributed by atoms with van der Waals surface area (Å²) in [4.78, 5) is 0. The Labute approximate surface area is 116 Å². The summed E-state index contributed by atoms with van der Waals surface area (Å²) in [5, 5.41) is 11.5. The molecule has 6 nitrogen and oxygen atoms in total. The SMILES string of the molecule is CCOC(C)(C)Cn1nnnc1-c1cc(F)ccc1N. The summed E-state index contributed by atoms with van der Waals surface area (Å²) in [6.45, 7) is 6.84. The van der Waals surface area contributed by atoms with Crippen molar-refractivity contribution in [3.05, 3.63) is 24.0 Å². The molecule has 1 aromatic carbocycles. The summed E-state index contributed by atoms with van der Waals surface area (Å²) >= 11 is 0. The van der Waals surface area contributed by atoms with Gasteiger partial charge in [-0.1, -0.05) is 0 Å². The molecule has 7 heteroatoms. The van der Waals surface area contributed by atoms with Crippen LogP contribution in [0.2, 0.25) is 0 Å². The number of nitrogens with two attached hydrogens (primary N) is 1. The van der Waals surface area contributed by atoms with E-state index in [-0.39, 0.29) is 5.82 Å². The van der Waals surface area contributed by atoms with Gasteiger partial charge in [0, 0.05) is 17.9 Å². The van der Waals surface area contributed by atoms with E-state index in [1.807, 2.05) is 20.8 Å². The van der Waals surface area contributed by atoms with Crippen LogP contribution in [-0.4, -0.2) is 32.4 Å². The number of nitrogen functional groups attached to an aromatic ring is 1. The molecule has 20 heavy (non-hydrogen) atoms. The third-order valence-electron chi connectivity index (χ3n) is 2.85. The maximum absolute atomic E-state index is 13.4. The summed E-state index contributed by atoms with van der Waals surface area (Å²) in [5.41, 5.74) is 6.34. The molecular formula is C13H18FN5O. The Morgan fingerprint density at radius 3 is 2.85 bits per heavy atom. The third kappa shape index (κ3) is 3.11. The van der Waals surface area contributed by atoms with Crippen molar-refractivity contribution in [1.29, 1.82) is 0 Å². The molecule has 1 heterocycles. The highest BCUT2D eigenvalue weighted by atomic mass is 19.1. The zero-order chi connectivity index (χ0) is 14.8. The summed E-state index contributed by atoms with van der Waals surface area (Å²) in [7, 11) is 0. The van der Waals surface area contributed by atoms with Crippen LogP contribution in [0.3, 0.4) is 0 Å². The fourth-order valence-corrected chi connectivity index (χ4v) is 2.02. The molecule has 0 amide bonds. The van der Waals surface area contributed by atoms with Crippen LogP contribution in [0, 0.1) is 5.82 Å². The Bertz CT molecular complexity index is 596. The summed E-state index contributed by atoms with van der Waals surface area (Å²) in [6, 6.07) is 4.12. The van der Waals surface area contributed by atoms with Gasteiger partial charge in [0.05, 0.1) is 12.1 Å². The van der Waals surface area contributed by atoms with E-state index in [2.05, 4.69) is 15.5 Å². The molecule has 1 aromatic heterocycles. The number of anilines is 1. The largest absolute Gasteiger partial charge is 0.398 e. The van der Waals surface area contributed by atoms with E-state index < -0.39 is 5.60 Å². The molecule has 0 bridgehead atoms. The minimum absolute atomic E-state index is 0.382. The van der Waals surface area contributed by atoms with Crippen LogP contribution in [0.4, 0.5) is 10.1 Å². The third-order valence-corrected chi connectivity index (χ3v) is 2.85. The van der Waals surface area contributed by atoms with Gasteiger partial charge in [0.25, 0.3) is 0 Å². The van der Waals surface area contributed by atoms with E-state index in [0.29, 0.717) is 30.2 Å². The van der Waals surface area contributed by atoms with Crippen molar-refractivity contribution >= 4 is 5.69 Å². The van der Waals surface area contributed by atoms with Crippen LogP contribution >= 0.6 is 0 Å². The van der Waals surface area contributed by atoms with E-state index in [4.69, 9.17) is 10.5 Å². The van der Waals surface area contributed by atoms with Gasteiger partial charge in [-0.2, -0.15) is 0 Å². The second-order valence-electron chi connectivity index (χ2n) is 5.08. The zero-order valence-corrected chi connectivity index (χ0v) is 11.8. The standard InChI is InChI=1S/C13H18FN5O/c1-4-20-13(2,3)8-19-12(16-17-18-19)10-7-9(14)5-6-11(10)15/h5-7H,4,8,15H2,1-3H3. The molecular weight excluding hydrogens is 261 g/mol. The first kappa shape index (κ1) is 14.4. The first-order valence-electron chi connectivity index (χ1n) is 6.38. The number of ether oxygens (including phenoxy) is 1. The number of nitrogens with zero attached hydrogens (tertiary/aromatic N) is 4. The zero-order valence-electron chi connectivity index (χ0n) is 11.8. The molecule has 0 aliphatic carbocycles. The Balaban J connectivity index is 2.36. The molecule has 0 unspecified atom stereocenters. The number of hydrogen-bond acceptors (Lipinski definition) is 5. The van der Waals surface area contributed by atoms with E-state index in [0.717, 1.165) is 0 Å². The van der Waals surface area contributed by atoms with Crippen LogP contribution in [-0.2, 0) is 11.3 Å². The van der Waals surface area contributed by atoms with E-state index >= 15 is 0 Å². The molecule has 0 fully saturated rings. The van der Waals surface area contributed by atoms with Gasteiger partial charge in [-0.3, -0.25) is 0 Å². The molecule has 2 rings (SSSR count). The lowest BCUT2D eigenvalue weighted by Crippen LogP contribution is -2.31. The lowest BCUT2D eigenvalue weighted by atomic mass is 10.1. The summed E-state index contributed by atoms with van der Waals surface area (Å²) < 4.78 is 20.6. The van der Waals surface area contributed by atoms with Gasteiger partial charge < -0.3 is 10.5 Å². The number of hydrogen-bond donors (Lipinski definition) is 1. The molecule has 2 N–H and O–H groups in total. The Morgan fingerprint density at radius 2 is 2.15 bits per heavy atom. The van der Waals surface area contributed by atoms with Gasteiger partial charge in [-0.25, -0.2) is 9.07 Å². The van der Waals surface area contributed by atoms with Crippen molar-refractivity contribution in [1.82, 2.24) is 20.2 Å². The minimum Gasteiger partial charge on any atom is -0.398 e. The summed E-state index contributed by atoms with van der Waals surface area (Å²) in [5.74, 6) is 0.0441. The van der Waals surface area contributed by atoms with Crippen LogP contribution in [0.15, 0.2) is 18.2 Å². The van der Waals surface area contributed by atoms with E-state index in [1.54, 1.807) is 4.68 Å². The van der Waals surface area contributed by atoms with Crippen molar-refractivity contribution in [3.8, 4) is 11.4 Å². The van der Waals surface area contributed by atoms with Crippen molar-refractivity contribution in [2.24, 2.45) is 0 Å². The molecule has 0 saturated heterocycles. The molecule has 0 atom stereocenters. The first-order chi connectivity index (χ1) is 9.43. The lowest BCUT2D eigenvalue weighted by molar-refractivity contribution is -0.0246. The summed E-state index contributed by atoms with van der Waals surface area (Å²) in [6.07, 6.45) is 0. The molecule has 0 aliphatic rings. The van der Waals surface area contributed by atoms with Crippen molar-refractivity contribution in [2.75, 3.05) is 12.3 Å². The molecule has 0 saturated carbocycles. The quantitative estimate of drug-likeness (QED) is 0.845. The number of tetrazole rings is 1. The van der Waals surface area contributed by atoms with Gasteiger partial charge in [0.15, 0.2) is 5.82 Å². The number of rotatable bonds is 5. The Morgan fingerprint density at radius 1 is 1.40 bits per heavy atom. The van der Waals surface area contributed by atoms with Gasteiger partial charge in [-0.05, 0) is 49.4 Å². The monoisotopic (exact) mass is 279 g/mol. The number of benzene rings is 1. The van der Waals surface area contributed by atoms with Crippen LogP contribution < -0.4 is 5.73 Å². The van der Waals surface area contributed by atoms with Crippen LogP contribution in [0.1, 0.15) is 20.8 Å². The normalized spacial score (nSPS) is 11.8. The first-order valence-corrected chi connectivity index (χ1v) is 6.38. The molecule has 0 spiro atoms. The van der Waals surface area contributed by atoms with Crippen molar-refractivity contribution in [3.63, 3.8) is 0 Å². The highest BCUT2D eigenvalue weighted by Gasteiger charge is 2.22. The maximum Gasteiger partial charge on any atom is 0.184 e. The second-order valence-corrected chi connectivity index (χ2v) is 5.08. The number of aromatic nitrogens is 4. The smallest absolute Gasteiger partial charge is 0.184 e. The van der Waals surface area contributed by atoms with E-state index in [1.165, 1.54) is 18.2 Å². The fraction of sp³-hybridized carbons (Fsp3) is 0.462. The lowest BCUT2D eigenvalue weighted by Gasteiger charge is -2.24. The predicted octanol–water partition coefficient (Wildman–Crippen LogP) is 1.88. The molecule has 2 aromatic rings. The van der Waals surface area contributed by atoms with Gasteiger partial charge >= 0.3 is 0 Å². The topological polar surface area (TPSA) is 78.8 Å². The molecule has 108 valence electrons. The van der Waals surface area contributed by atoms with E-state index in [9.17, 15) is 4.39 Å². The average molecular weight is 279 g/mol. The van der Waals surface area contributed by atoms with Crippen LogP contribution in [0.25, 0.3) is 11.4 Å². The van der Waals surface area contributed by atoms with Gasteiger partial charge in [0.1, 0.15) is 5.82 Å². The molecule has 0 radical (unpaired) electrons. The second kappa shape index (κ2) is 5.54. The number of halogens is 1. The minimum atomic E-state index is -0.430. The van der Waals surface area contributed by atoms with Gasteiger partial charge in [0.2, 0.25) is 0 Å². The average Bonchev–Trinajstić information content (AvgIpc) is 2.79. The molecule has 0 aliphatic heterocycles.